The number of rotatable bonds is 6. The van der Waals surface area contributed by atoms with Crippen molar-refractivity contribution >= 4 is 11.9 Å². The summed E-state index contributed by atoms with van der Waals surface area (Å²) in [5.74, 6) is -0.911. The Hall–Kier alpha value is -1.88. The normalized spacial score (nSPS) is 28.9. The van der Waals surface area contributed by atoms with Crippen LogP contribution < -0.4 is 5.32 Å². The lowest BCUT2D eigenvalue weighted by Crippen LogP contribution is -2.59. The van der Waals surface area contributed by atoms with Crippen molar-refractivity contribution in [2.75, 3.05) is 6.54 Å². The van der Waals surface area contributed by atoms with Gasteiger partial charge in [0.15, 0.2) is 0 Å². The van der Waals surface area contributed by atoms with Crippen molar-refractivity contribution in [1.82, 2.24) is 5.32 Å². The minimum atomic E-state index is -0.804. The van der Waals surface area contributed by atoms with E-state index in [0.29, 0.717) is 24.8 Å². The highest BCUT2D eigenvalue weighted by Crippen LogP contribution is 2.54. The maximum atomic E-state index is 11.2. The molecule has 2 bridgehead atoms. The molecular weight excluding hydrogens is 342 g/mol. The van der Waals surface area contributed by atoms with Crippen molar-refractivity contribution in [1.29, 1.82) is 0 Å². The number of carboxylic acid groups (broad SMARTS) is 2. The van der Waals surface area contributed by atoms with E-state index in [1.165, 1.54) is 36.8 Å². The van der Waals surface area contributed by atoms with E-state index in [4.69, 9.17) is 5.11 Å². The molecule has 1 aromatic carbocycles. The molecule has 1 heterocycles. The predicted molar refractivity (Wildman–Crippen MR) is 102 cm³/mol. The predicted octanol–water partition coefficient (Wildman–Crippen LogP) is 3.07. The van der Waals surface area contributed by atoms with Gasteiger partial charge in [0.25, 0.3) is 0 Å². The van der Waals surface area contributed by atoms with Crippen molar-refractivity contribution in [3.8, 4) is 0 Å². The molecule has 5 nitrogen and oxygen atoms in total. The summed E-state index contributed by atoms with van der Waals surface area (Å²) in [6.45, 7) is 1.06. The van der Waals surface area contributed by atoms with Crippen LogP contribution in [0.15, 0.2) is 12.1 Å². The Morgan fingerprint density at radius 3 is 2.63 bits per heavy atom. The Morgan fingerprint density at radius 2 is 1.85 bits per heavy atom. The molecule has 0 unspecified atom stereocenters. The fourth-order valence-electron chi connectivity index (χ4n) is 6.15. The van der Waals surface area contributed by atoms with Gasteiger partial charge in [-0.25, -0.2) is 0 Å². The molecule has 3 N–H and O–H groups in total. The van der Waals surface area contributed by atoms with Gasteiger partial charge in [-0.3, -0.25) is 9.59 Å². The average Bonchev–Trinajstić information content (AvgIpc) is 2.64. The standard InChI is InChI=1S/C22H29NO4/c24-20(25)8-5-14-4-7-17-16(15(14)6-9-21(26)27)13-19-18-3-1-2-10-22(17,18)11-12-23-19/h4,7,18-19,23H,1-3,5-6,8-13H2,(H,24,25)(H,26,27)/t18-,19+,22-/m0/s1. The highest BCUT2D eigenvalue weighted by Gasteiger charge is 2.51. The number of hydrogen-bond donors (Lipinski definition) is 3. The van der Waals surface area contributed by atoms with Gasteiger partial charge in [0.1, 0.15) is 0 Å². The molecule has 4 rings (SSSR count). The number of nitrogens with one attached hydrogen (secondary N) is 1. The Bertz CT molecular complexity index is 755. The second kappa shape index (κ2) is 7.27. The van der Waals surface area contributed by atoms with Crippen LogP contribution in [0.5, 0.6) is 0 Å². The monoisotopic (exact) mass is 371 g/mol. The maximum absolute atomic E-state index is 11.2. The highest BCUT2D eigenvalue weighted by molar-refractivity contribution is 5.68. The molecule has 146 valence electrons. The number of fused-ring (bicyclic) bond motifs is 1. The van der Waals surface area contributed by atoms with Gasteiger partial charge in [-0.2, -0.15) is 0 Å². The van der Waals surface area contributed by atoms with Crippen LogP contribution in [-0.4, -0.2) is 34.7 Å². The molecule has 3 aliphatic rings. The summed E-state index contributed by atoms with van der Waals surface area (Å²) >= 11 is 0. The molecule has 1 saturated heterocycles. The van der Waals surface area contributed by atoms with Gasteiger partial charge in [0.2, 0.25) is 0 Å². The van der Waals surface area contributed by atoms with E-state index in [-0.39, 0.29) is 18.3 Å². The SMILES string of the molecule is O=C(O)CCc1ccc2c(c1CCC(=O)O)C[C@H]1NCC[C@@]23CCCC[C@@H]13. The Morgan fingerprint density at radius 1 is 1.07 bits per heavy atom. The summed E-state index contributed by atoms with van der Waals surface area (Å²) in [7, 11) is 0. The number of aryl methyl sites for hydroxylation is 1. The summed E-state index contributed by atoms with van der Waals surface area (Å²) in [6, 6.07) is 4.84. The molecule has 0 spiro atoms. The lowest BCUT2D eigenvalue weighted by molar-refractivity contribution is -0.138. The van der Waals surface area contributed by atoms with Crippen molar-refractivity contribution in [3.63, 3.8) is 0 Å². The van der Waals surface area contributed by atoms with Gasteiger partial charge < -0.3 is 15.5 Å². The van der Waals surface area contributed by atoms with Gasteiger partial charge in [-0.15, -0.1) is 0 Å². The third-order valence-electron chi connectivity index (χ3n) is 7.25. The van der Waals surface area contributed by atoms with Crippen molar-refractivity contribution in [2.45, 2.75) is 75.7 Å². The topological polar surface area (TPSA) is 86.6 Å². The summed E-state index contributed by atoms with van der Waals surface area (Å²) in [6.07, 6.45) is 8.38. The average molecular weight is 371 g/mol. The van der Waals surface area contributed by atoms with E-state index in [9.17, 15) is 14.7 Å². The Labute approximate surface area is 160 Å². The summed E-state index contributed by atoms with van der Waals surface area (Å²) in [5, 5.41) is 22.1. The number of piperidine rings is 1. The number of carboxylic acids is 2. The van der Waals surface area contributed by atoms with Gasteiger partial charge in [0.05, 0.1) is 0 Å². The minimum Gasteiger partial charge on any atom is -0.481 e. The van der Waals surface area contributed by atoms with Crippen LogP contribution in [0.2, 0.25) is 0 Å². The van der Waals surface area contributed by atoms with Gasteiger partial charge in [0, 0.05) is 24.3 Å². The molecule has 1 saturated carbocycles. The fourth-order valence-corrected chi connectivity index (χ4v) is 6.15. The lowest BCUT2D eigenvalue weighted by Gasteiger charge is -2.56. The second-order valence-corrected chi connectivity index (χ2v) is 8.54. The smallest absolute Gasteiger partial charge is 0.303 e. The molecular formula is C22H29NO4. The lowest BCUT2D eigenvalue weighted by atomic mass is 9.52. The highest BCUT2D eigenvalue weighted by atomic mass is 16.4. The van der Waals surface area contributed by atoms with Gasteiger partial charge in [-0.1, -0.05) is 25.0 Å². The third kappa shape index (κ3) is 3.27. The number of benzene rings is 1. The molecule has 3 atom stereocenters. The number of hydrogen-bond acceptors (Lipinski definition) is 3. The van der Waals surface area contributed by atoms with E-state index in [2.05, 4.69) is 17.4 Å². The molecule has 2 fully saturated rings. The molecule has 0 aromatic heterocycles. The number of aliphatic carboxylic acids is 2. The zero-order valence-electron chi connectivity index (χ0n) is 15.8. The first-order valence-corrected chi connectivity index (χ1v) is 10.3. The molecule has 0 amide bonds. The van der Waals surface area contributed by atoms with Gasteiger partial charge in [-0.05, 0) is 73.2 Å². The zero-order chi connectivity index (χ0) is 19.0. The van der Waals surface area contributed by atoms with Crippen LogP contribution in [0.4, 0.5) is 0 Å². The van der Waals surface area contributed by atoms with Crippen LogP contribution in [0, 0.1) is 5.92 Å². The molecule has 2 aliphatic carbocycles. The van der Waals surface area contributed by atoms with Crippen LogP contribution in [0.25, 0.3) is 0 Å². The van der Waals surface area contributed by atoms with Crippen molar-refractivity contribution < 1.29 is 19.8 Å². The minimum absolute atomic E-state index is 0.0916. The van der Waals surface area contributed by atoms with Crippen LogP contribution >= 0.6 is 0 Å². The maximum Gasteiger partial charge on any atom is 0.303 e. The van der Waals surface area contributed by atoms with Crippen molar-refractivity contribution in [3.05, 3.63) is 34.4 Å². The first-order valence-electron chi connectivity index (χ1n) is 10.3. The quantitative estimate of drug-likeness (QED) is 0.715. The molecule has 5 heteroatoms. The van der Waals surface area contributed by atoms with E-state index in [0.717, 1.165) is 30.5 Å². The molecule has 0 radical (unpaired) electrons. The van der Waals surface area contributed by atoms with E-state index < -0.39 is 11.9 Å². The molecule has 1 aromatic rings. The Balaban J connectivity index is 1.78. The van der Waals surface area contributed by atoms with E-state index in [1.54, 1.807) is 0 Å². The van der Waals surface area contributed by atoms with E-state index in [1.807, 2.05) is 0 Å². The fraction of sp³-hybridized carbons (Fsp3) is 0.636. The Kier molecular flexibility index (Phi) is 4.97. The van der Waals surface area contributed by atoms with Crippen LogP contribution in [-0.2, 0) is 34.3 Å². The third-order valence-corrected chi connectivity index (χ3v) is 7.25. The number of carbonyl (C=O) groups is 2. The van der Waals surface area contributed by atoms with Crippen LogP contribution in [0.3, 0.4) is 0 Å². The summed E-state index contributed by atoms with van der Waals surface area (Å²) < 4.78 is 0. The second-order valence-electron chi connectivity index (χ2n) is 8.54. The van der Waals surface area contributed by atoms with E-state index >= 15 is 0 Å². The van der Waals surface area contributed by atoms with Crippen molar-refractivity contribution in [2.24, 2.45) is 5.92 Å². The summed E-state index contributed by atoms with van der Waals surface area (Å²) in [4.78, 5) is 22.3. The first kappa shape index (κ1) is 18.5. The van der Waals surface area contributed by atoms with Gasteiger partial charge >= 0.3 is 11.9 Å². The zero-order valence-corrected chi connectivity index (χ0v) is 15.8. The molecule has 1 aliphatic heterocycles. The largest absolute Gasteiger partial charge is 0.481 e. The first-order chi connectivity index (χ1) is 13.0. The molecule has 27 heavy (non-hydrogen) atoms. The summed E-state index contributed by atoms with van der Waals surface area (Å²) in [5.41, 5.74) is 5.17. The van der Waals surface area contributed by atoms with Crippen LogP contribution in [0.1, 0.15) is 67.2 Å².